The molecule has 0 bridgehead atoms. The number of aromatic nitrogens is 3. The second-order valence-corrected chi connectivity index (χ2v) is 7.21. The molecule has 28 heavy (non-hydrogen) atoms. The molecule has 2 N–H and O–H groups in total. The zero-order chi connectivity index (χ0) is 19.3. The fourth-order valence-electron chi connectivity index (χ4n) is 3.46. The zero-order valence-electron chi connectivity index (χ0n) is 16.5. The van der Waals surface area contributed by atoms with E-state index in [-0.39, 0.29) is 0 Å². The fourth-order valence-corrected chi connectivity index (χ4v) is 3.46. The van der Waals surface area contributed by atoms with Crippen molar-refractivity contribution in [3.05, 3.63) is 42.0 Å². The molecule has 1 aromatic carbocycles. The van der Waals surface area contributed by atoms with Crippen LogP contribution in [-0.4, -0.2) is 59.3 Å². The molecule has 0 amide bonds. The minimum Gasteiger partial charge on any atom is -0.493 e. The van der Waals surface area contributed by atoms with Crippen LogP contribution < -0.4 is 10.1 Å². The van der Waals surface area contributed by atoms with Gasteiger partial charge in [-0.15, -0.1) is 0 Å². The summed E-state index contributed by atoms with van der Waals surface area (Å²) in [6, 6.07) is 6.15. The molecule has 1 aliphatic heterocycles. The van der Waals surface area contributed by atoms with E-state index < -0.39 is 0 Å². The summed E-state index contributed by atoms with van der Waals surface area (Å²) < 4.78 is 11.4. The quantitative estimate of drug-likeness (QED) is 0.611. The average Bonchev–Trinajstić information content (AvgIpc) is 3.11. The molecule has 2 aromatic heterocycles. The number of hydrogen-bond acceptors (Lipinski definition) is 6. The number of H-pyrrole nitrogens is 1. The normalized spacial score (nSPS) is 15.1. The third kappa shape index (κ3) is 4.43. The molecule has 0 atom stereocenters. The molecule has 0 spiro atoms. The maximum atomic E-state index is 6.05. The number of morpholine rings is 1. The van der Waals surface area contributed by atoms with Crippen LogP contribution in [0, 0.1) is 13.8 Å². The van der Waals surface area contributed by atoms with Crippen molar-refractivity contribution in [3.63, 3.8) is 0 Å². The molecule has 7 nitrogen and oxygen atoms in total. The smallest absolute Gasteiger partial charge is 0.141 e. The van der Waals surface area contributed by atoms with Crippen LogP contribution in [0.1, 0.15) is 17.7 Å². The number of aryl methyl sites for hydroxylation is 2. The SMILES string of the molecule is Cc1cc(Nc2ncnc3cc(OCCCN4CCOCC4)c(C)cc23)c[nH]1. The molecular formula is C21H27N5O2. The van der Waals surface area contributed by atoms with Gasteiger partial charge in [0.15, 0.2) is 0 Å². The molecule has 1 saturated heterocycles. The minimum atomic E-state index is 0.697. The number of hydrogen-bond donors (Lipinski definition) is 2. The molecule has 7 heteroatoms. The Morgan fingerprint density at radius 3 is 2.82 bits per heavy atom. The summed E-state index contributed by atoms with van der Waals surface area (Å²) in [6.45, 7) is 9.53. The zero-order valence-corrected chi connectivity index (χ0v) is 16.5. The fraction of sp³-hybridized carbons (Fsp3) is 0.429. The average molecular weight is 381 g/mol. The molecule has 4 rings (SSSR count). The van der Waals surface area contributed by atoms with E-state index in [1.54, 1.807) is 6.33 Å². The molecule has 0 radical (unpaired) electrons. The first-order chi connectivity index (χ1) is 13.7. The van der Waals surface area contributed by atoms with E-state index in [1.165, 1.54) is 0 Å². The van der Waals surface area contributed by atoms with E-state index in [1.807, 2.05) is 25.3 Å². The Hall–Kier alpha value is -2.64. The number of anilines is 2. The van der Waals surface area contributed by atoms with Gasteiger partial charge in [0.25, 0.3) is 0 Å². The van der Waals surface area contributed by atoms with Crippen LogP contribution in [0.4, 0.5) is 11.5 Å². The van der Waals surface area contributed by atoms with E-state index in [9.17, 15) is 0 Å². The van der Waals surface area contributed by atoms with Crippen molar-refractivity contribution in [1.29, 1.82) is 0 Å². The lowest BCUT2D eigenvalue weighted by atomic mass is 10.1. The first kappa shape index (κ1) is 18.7. The van der Waals surface area contributed by atoms with Crippen LogP contribution in [0.5, 0.6) is 5.75 Å². The lowest BCUT2D eigenvalue weighted by Gasteiger charge is -2.26. The molecule has 0 aliphatic carbocycles. The van der Waals surface area contributed by atoms with E-state index >= 15 is 0 Å². The van der Waals surface area contributed by atoms with E-state index in [2.05, 4.69) is 38.2 Å². The third-order valence-corrected chi connectivity index (χ3v) is 5.00. The number of aromatic amines is 1. The number of nitrogens with one attached hydrogen (secondary N) is 2. The van der Waals surface area contributed by atoms with E-state index in [0.29, 0.717) is 6.61 Å². The molecule has 148 valence electrons. The van der Waals surface area contributed by atoms with Gasteiger partial charge >= 0.3 is 0 Å². The lowest BCUT2D eigenvalue weighted by molar-refractivity contribution is 0.0358. The molecule has 3 aromatic rings. The number of ether oxygens (including phenoxy) is 2. The highest BCUT2D eigenvalue weighted by Gasteiger charge is 2.11. The molecular weight excluding hydrogens is 354 g/mol. The van der Waals surface area contributed by atoms with Crippen molar-refractivity contribution < 1.29 is 9.47 Å². The Morgan fingerprint density at radius 1 is 1.18 bits per heavy atom. The monoisotopic (exact) mass is 381 g/mol. The number of rotatable bonds is 7. The molecule has 0 saturated carbocycles. The number of benzene rings is 1. The highest BCUT2D eigenvalue weighted by atomic mass is 16.5. The van der Waals surface area contributed by atoms with Gasteiger partial charge in [0.2, 0.25) is 0 Å². The van der Waals surface area contributed by atoms with Crippen molar-refractivity contribution in [1.82, 2.24) is 19.9 Å². The van der Waals surface area contributed by atoms with Gasteiger partial charge in [0.1, 0.15) is 17.9 Å². The van der Waals surface area contributed by atoms with E-state index in [4.69, 9.17) is 9.47 Å². The summed E-state index contributed by atoms with van der Waals surface area (Å²) in [4.78, 5) is 14.4. The first-order valence-electron chi connectivity index (χ1n) is 9.79. The van der Waals surface area contributed by atoms with Gasteiger partial charge in [-0.05, 0) is 38.0 Å². The predicted octanol–water partition coefficient (Wildman–Crippen LogP) is 3.42. The molecule has 0 unspecified atom stereocenters. The topological polar surface area (TPSA) is 75.3 Å². The third-order valence-electron chi connectivity index (χ3n) is 5.00. The lowest BCUT2D eigenvalue weighted by Crippen LogP contribution is -2.37. The van der Waals surface area contributed by atoms with Crippen LogP contribution in [-0.2, 0) is 4.74 Å². The summed E-state index contributed by atoms with van der Waals surface area (Å²) in [5, 5.41) is 4.35. The van der Waals surface area contributed by atoms with E-state index in [0.717, 1.165) is 78.7 Å². The highest BCUT2D eigenvalue weighted by Crippen LogP contribution is 2.29. The summed E-state index contributed by atoms with van der Waals surface area (Å²) in [5.74, 6) is 1.68. The van der Waals surface area contributed by atoms with Gasteiger partial charge in [0.05, 0.1) is 31.0 Å². The van der Waals surface area contributed by atoms with Crippen molar-refractivity contribution >= 4 is 22.4 Å². The first-order valence-corrected chi connectivity index (χ1v) is 9.79. The summed E-state index contributed by atoms with van der Waals surface area (Å²) in [7, 11) is 0. The Bertz CT molecular complexity index is 934. The molecule has 3 heterocycles. The maximum absolute atomic E-state index is 6.05. The Labute approximate surface area is 165 Å². The van der Waals surface area contributed by atoms with Gasteiger partial charge in [-0.3, -0.25) is 4.90 Å². The van der Waals surface area contributed by atoms with Gasteiger partial charge in [-0.1, -0.05) is 0 Å². The van der Waals surface area contributed by atoms with Gasteiger partial charge in [0, 0.05) is 43.0 Å². The number of fused-ring (bicyclic) bond motifs is 1. The Balaban J connectivity index is 1.42. The minimum absolute atomic E-state index is 0.697. The number of nitrogens with zero attached hydrogens (tertiary/aromatic N) is 3. The maximum Gasteiger partial charge on any atom is 0.141 e. The summed E-state index contributed by atoms with van der Waals surface area (Å²) >= 11 is 0. The van der Waals surface area contributed by atoms with Crippen LogP contribution in [0.25, 0.3) is 10.9 Å². The van der Waals surface area contributed by atoms with Crippen molar-refractivity contribution in [2.24, 2.45) is 0 Å². The highest BCUT2D eigenvalue weighted by molar-refractivity contribution is 5.92. The summed E-state index contributed by atoms with van der Waals surface area (Å²) in [6.07, 6.45) is 4.52. The van der Waals surface area contributed by atoms with Gasteiger partial charge in [-0.2, -0.15) is 0 Å². The largest absolute Gasteiger partial charge is 0.493 e. The van der Waals surface area contributed by atoms with Crippen LogP contribution in [0.15, 0.2) is 30.7 Å². The van der Waals surface area contributed by atoms with Gasteiger partial charge < -0.3 is 19.8 Å². The standard InChI is InChI=1S/C21H27N5O2/c1-15-10-18-19(23-14-24-21(18)25-17-11-16(2)22-13-17)12-20(15)28-7-3-4-26-5-8-27-9-6-26/h10-14,22H,3-9H2,1-2H3,(H,23,24,25). The second kappa shape index (κ2) is 8.58. The molecule has 1 aliphatic rings. The predicted molar refractivity (Wildman–Crippen MR) is 110 cm³/mol. The Morgan fingerprint density at radius 2 is 2.04 bits per heavy atom. The van der Waals surface area contributed by atoms with Crippen LogP contribution >= 0.6 is 0 Å². The second-order valence-electron chi connectivity index (χ2n) is 7.21. The summed E-state index contributed by atoms with van der Waals surface area (Å²) in [5.41, 5.74) is 4.05. The van der Waals surface area contributed by atoms with Crippen LogP contribution in [0.2, 0.25) is 0 Å². The van der Waals surface area contributed by atoms with Crippen molar-refractivity contribution in [2.45, 2.75) is 20.3 Å². The van der Waals surface area contributed by atoms with Crippen molar-refractivity contribution in [2.75, 3.05) is 44.8 Å². The van der Waals surface area contributed by atoms with Crippen molar-refractivity contribution in [3.8, 4) is 5.75 Å². The van der Waals surface area contributed by atoms with Gasteiger partial charge in [-0.25, -0.2) is 9.97 Å². The van der Waals surface area contributed by atoms with Crippen LogP contribution in [0.3, 0.4) is 0 Å². The molecule has 1 fully saturated rings. The Kier molecular flexibility index (Phi) is 5.73.